The fraction of sp³-hybridized carbons (Fsp3) is 0.481. The minimum Gasteiger partial charge on any atom is -0.313 e. The van der Waals surface area contributed by atoms with Gasteiger partial charge in [0.2, 0.25) is 0 Å². The van der Waals surface area contributed by atoms with Crippen LogP contribution in [0.25, 0.3) is 0 Å². The van der Waals surface area contributed by atoms with Gasteiger partial charge in [-0.1, -0.05) is 80.5 Å². The lowest BCUT2D eigenvalue weighted by molar-refractivity contribution is 0.293. The monoisotopic (exact) mass is 497 g/mol. The molecule has 2 aromatic rings. The Balaban J connectivity index is 1.59. The van der Waals surface area contributed by atoms with Crippen molar-refractivity contribution in [2.24, 2.45) is 9.39 Å². The van der Waals surface area contributed by atoms with E-state index in [0.29, 0.717) is 16.9 Å². The second-order valence-corrected chi connectivity index (χ2v) is 11.7. The number of halogens is 1. The van der Waals surface area contributed by atoms with Crippen LogP contribution in [0.4, 0.5) is 0 Å². The molecule has 2 aliphatic carbocycles. The van der Waals surface area contributed by atoms with Crippen LogP contribution in [0.2, 0.25) is 5.02 Å². The molecule has 0 spiro atoms. The number of aliphatic imine (C=N–C) groups is 1. The lowest BCUT2D eigenvalue weighted by Crippen LogP contribution is -2.61. The largest absolute Gasteiger partial charge is 0.313 e. The second kappa shape index (κ2) is 10.2. The van der Waals surface area contributed by atoms with Crippen molar-refractivity contribution in [3.05, 3.63) is 65.2 Å². The van der Waals surface area contributed by atoms with E-state index >= 15 is 0 Å². The molecular weight excluding hydrogens is 466 g/mol. The van der Waals surface area contributed by atoms with Crippen LogP contribution in [0.1, 0.15) is 75.7 Å². The summed E-state index contributed by atoms with van der Waals surface area (Å²) in [5.74, 6) is 1.41. The maximum absolute atomic E-state index is 13.4. The topological polar surface area (TPSA) is 62.1 Å². The zero-order valence-corrected chi connectivity index (χ0v) is 21.0. The van der Waals surface area contributed by atoms with Gasteiger partial charge in [-0.15, -0.1) is 4.40 Å². The maximum atomic E-state index is 13.4. The van der Waals surface area contributed by atoms with Crippen LogP contribution in [0.15, 0.2) is 68.9 Å². The fourth-order valence-corrected chi connectivity index (χ4v) is 6.67. The van der Waals surface area contributed by atoms with Crippen molar-refractivity contribution < 1.29 is 8.42 Å². The predicted octanol–water partition coefficient (Wildman–Crippen LogP) is 6.59. The number of amidine groups is 2. The van der Waals surface area contributed by atoms with Crippen molar-refractivity contribution in [1.29, 1.82) is 0 Å². The van der Waals surface area contributed by atoms with Gasteiger partial charge in [0, 0.05) is 11.1 Å². The molecule has 0 bridgehead atoms. The molecule has 1 saturated heterocycles. The number of sulfonamides is 1. The Morgan fingerprint density at radius 2 is 1.38 bits per heavy atom. The molecule has 180 valence electrons. The van der Waals surface area contributed by atoms with Crippen molar-refractivity contribution in [2.75, 3.05) is 0 Å². The molecule has 0 aromatic heterocycles. The molecule has 1 aliphatic heterocycles. The van der Waals surface area contributed by atoms with Gasteiger partial charge in [-0.2, -0.15) is 8.42 Å². The smallest absolute Gasteiger partial charge is 0.283 e. The standard InChI is InChI=1S/C27H32ClN3O2S/c28-21-16-18-24(19-17-21)34(32,33)30-27-25(20-10-4-1-5-11-20)26(29-22-12-6-2-7-13-22)31(27)23-14-8-3-9-15-23/h1,4-5,10-11,16-19,22-23,25H,2-3,6-9,12-15H2/b29-26?,30-27-. The van der Waals surface area contributed by atoms with E-state index in [4.69, 9.17) is 16.6 Å². The normalized spacial score (nSPS) is 25.0. The van der Waals surface area contributed by atoms with Crippen molar-refractivity contribution in [1.82, 2.24) is 4.90 Å². The summed E-state index contributed by atoms with van der Waals surface area (Å²) in [6.07, 6.45) is 11.6. The number of likely N-dealkylation sites (tertiary alicyclic amines) is 1. The Morgan fingerprint density at radius 1 is 0.765 bits per heavy atom. The molecule has 3 aliphatic rings. The Morgan fingerprint density at radius 3 is 2.03 bits per heavy atom. The lowest BCUT2D eigenvalue weighted by atomic mass is 9.82. The second-order valence-electron chi connectivity index (χ2n) is 9.66. The Labute approximate surface area is 208 Å². The van der Waals surface area contributed by atoms with E-state index in [-0.39, 0.29) is 16.9 Å². The summed E-state index contributed by atoms with van der Waals surface area (Å²) in [6, 6.07) is 16.9. The molecule has 1 unspecified atom stereocenters. The third-order valence-electron chi connectivity index (χ3n) is 7.30. The molecule has 5 nitrogen and oxygen atoms in total. The summed E-state index contributed by atoms with van der Waals surface area (Å²) >= 11 is 5.99. The van der Waals surface area contributed by atoms with Crippen LogP contribution in [-0.4, -0.2) is 37.1 Å². The van der Waals surface area contributed by atoms with Gasteiger partial charge in [-0.05, 0) is 55.5 Å². The van der Waals surface area contributed by atoms with Gasteiger partial charge < -0.3 is 4.90 Å². The van der Waals surface area contributed by atoms with Gasteiger partial charge in [0.1, 0.15) is 17.6 Å². The number of rotatable bonds is 5. The summed E-state index contributed by atoms with van der Waals surface area (Å²) < 4.78 is 31.2. The quantitative estimate of drug-likeness (QED) is 0.468. The van der Waals surface area contributed by atoms with Crippen LogP contribution < -0.4 is 0 Å². The van der Waals surface area contributed by atoms with Gasteiger partial charge in [-0.25, -0.2) is 0 Å². The summed E-state index contributed by atoms with van der Waals surface area (Å²) in [5, 5.41) is 0.503. The highest BCUT2D eigenvalue weighted by molar-refractivity contribution is 7.90. The van der Waals surface area contributed by atoms with Crippen molar-refractivity contribution >= 4 is 33.3 Å². The van der Waals surface area contributed by atoms with Gasteiger partial charge in [0.15, 0.2) is 0 Å². The molecule has 34 heavy (non-hydrogen) atoms. The third kappa shape index (κ3) is 4.94. The predicted molar refractivity (Wildman–Crippen MR) is 138 cm³/mol. The molecule has 0 radical (unpaired) electrons. The molecule has 7 heteroatoms. The molecule has 0 amide bonds. The van der Waals surface area contributed by atoms with E-state index < -0.39 is 10.0 Å². The zero-order valence-electron chi connectivity index (χ0n) is 19.4. The number of benzene rings is 2. The minimum atomic E-state index is -3.87. The highest BCUT2D eigenvalue weighted by Crippen LogP contribution is 2.40. The molecule has 3 fully saturated rings. The fourth-order valence-electron chi connectivity index (χ4n) is 5.51. The van der Waals surface area contributed by atoms with E-state index in [9.17, 15) is 8.42 Å². The van der Waals surface area contributed by atoms with Crippen molar-refractivity contribution in [3.8, 4) is 0 Å². The number of nitrogens with zero attached hydrogens (tertiary/aromatic N) is 3. The van der Waals surface area contributed by atoms with Gasteiger partial charge in [0.05, 0.1) is 10.9 Å². The van der Waals surface area contributed by atoms with Crippen LogP contribution in [0.3, 0.4) is 0 Å². The molecule has 0 N–H and O–H groups in total. The van der Waals surface area contributed by atoms with E-state index in [1.54, 1.807) is 12.1 Å². The Bertz CT molecular complexity index is 1150. The molecule has 5 rings (SSSR count). The lowest BCUT2D eigenvalue weighted by Gasteiger charge is -2.49. The maximum Gasteiger partial charge on any atom is 0.283 e. The van der Waals surface area contributed by atoms with E-state index in [1.165, 1.54) is 37.8 Å². The first kappa shape index (κ1) is 23.6. The minimum absolute atomic E-state index is 0.164. The van der Waals surface area contributed by atoms with Gasteiger partial charge in [-0.3, -0.25) is 4.99 Å². The first-order chi connectivity index (χ1) is 16.5. The summed E-state index contributed by atoms with van der Waals surface area (Å²) in [7, 11) is -3.87. The molecular formula is C27H32ClN3O2S. The van der Waals surface area contributed by atoms with Crippen molar-refractivity contribution in [3.63, 3.8) is 0 Å². The highest BCUT2D eigenvalue weighted by atomic mass is 35.5. The average Bonchev–Trinajstić information content (AvgIpc) is 2.85. The Hall–Kier alpha value is -2.18. The van der Waals surface area contributed by atoms with Crippen molar-refractivity contribution in [2.45, 2.75) is 87.1 Å². The van der Waals surface area contributed by atoms with Crippen LogP contribution in [0.5, 0.6) is 0 Å². The van der Waals surface area contributed by atoms with Crippen LogP contribution >= 0.6 is 11.6 Å². The summed E-state index contributed by atoms with van der Waals surface area (Å²) in [4.78, 5) is 7.61. The summed E-state index contributed by atoms with van der Waals surface area (Å²) in [6.45, 7) is 0. The molecule has 2 aromatic carbocycles. The number of hydrogen-bond donors (Lipinski definition) is 0. The molecule has 2 saturated carbocycles. The first-order valence-corrected chi connectivity index (χ1v) is 14.4. The molecule has 1 heterocycles. The Kier molecular flexibility index (Phi) is 7.07. The SMILES string of the molecule is O=S(=O)(/N=C1/C(c2ccccc2)C(=NC2CCCCC2)N1C1CCCCC1)c1ccc(Cl)cc1. The first-order valence-electron chi connectivity index (χ1n) is 12.6. The average molecular weight is 498 g/mol. The van der Waals surface area contributed by atoms with E-state index in [1.807, 2.05) is 18.2 Å². The van der Waals surface area contributed by atoms with Crippen LogP contribution in [-0.2, 0) is 10.0 Å². The van der Waals surface area contributed by atoms with Gasteiger partial charge in [0.25, 0.3) is 10.0 Å². The third-order valence-corrected chi connectivity index (χ3v) is 8.84. The summed E-state index contributed by atoms with van der Waals surface area (Å²) in [5.41, 5.74) is 1.05. The van der Waals surface area contributed by atoms with Gasteiger partial charge >= 0.3 is 0 Å². The zero-order chi connectivity index (χ0) is 23.5. The van der Waals surface area contributed by atoms with E-state index in [0.717, 1.165) is 49.9 Å². The highest BCUT2D eigenvalue weighted by Gasteiger charge is 2.48. The van der Waals surface area contributed by atoms with E-state index in [2.05, 4.69) is 21.4 Å². The molecule has 1 atom stereocenters. The van der Waals surface area contributed by atoms with Crippen LogP contribution in [0, 0.1) is 0 Å². The number of hydrogen-bond acceptors (Lipinski definition) is 3.